The molecule has 2 aromatic rings. The second kappa shape index (κ2) is 8.55. The van der Waals surface area contributed by atoms with E-state index in [1.165, 1.54) is 7.05 Å². The molecule has 166 valence electrons. The molecule has 8 heteroatoms. The van der Waals surface area contributed by atoms with Crippen LogP contribution < -0.4 is 15.6 Å². The fraction of sp³-hybridized carbons (Fsp3) is 0.435. The number of rotatable bonds is 5. The Labute approximate surface area is 180 Å². The van der Waals surface area contributed by atoms with E-state index in [2.05, 4.69) is 10.3 Å². The predicted octanol–water partition coefficient (Wildman–Crippen LogP) is 2.98. The Kier molecular flexibility index (Phi) is 6.22. The lowest BCUT2D eigenvalue weighted by Gasteiger charge is -2.28. The molecule has 3 rings (SSSR count). The highest BCUT2D eigenvalue weighted by Gasteiger charge is 2.35. The largest absolute Gasteiger partial charge is 0.493 e. The summed E-state index contributed by atoms with van der Waals surface area (Å²) < 4.78 is 11.5. The van der Waals surface area contributed by atoms with Gasteiger partial charge in [0.1, 0.15) is 11.3 Å². The first-order chi connectivity index (χ1) is 14.5. The maximum atomic E-state index is 12.8. The lowest BCUT2D eigenvalue weighted by Crippen LogP contribution is -2.35. The number of amides is 1. The molecule has 1 amide bonds. The summed E-state index contributed by atoms with van der Waals surface area (Å²) in [5, 5.41) is 12.5. The van der Waals surface area contributed by atoms with Crippen molar-refractivity contribution >= 4 is 11.9 Å². The van der Waals surface area contributed by atoms with Crippen molar-refractivity contribution in [2.75, 3.05) is 13.7 Å². The number of carbonyl (C=O) groups excluding carboxylic acids is 1. The third-order valence-corrected chi connectivity index (χ3v) is 5.05. The molecule has 0 aliphatic carbocycles. The molecular formula is C23H28N2O6. The van der Waals surface area contributed by atoms with Crippen LogP contribution in [0, 0.1) is 6.92 Å². The minimum Gasteiger partial charge on any atom is -0.493 e. The van der Waals surface area contributed by atoms with Crippen LogP contribution in [0.4, 0.5) is 0 Å². The van der Waals surface area contributed by atoms with Crippen LogP contribution >= 0.6 is 0 Å². The van der Waals surface area contributed by atoms with Crippen LogP contribution in [0.2, 0.25) is 0 Å². The van der Waals surface area contributed by atoms with Crippen molar-refractivity contribution in [3.8, 4) is 16.9 Å². The van der Waals surface area contributed by atoms with Gasteiger partial charge >= 0.3 is 5.97 Å². The first-order valence-electron chi connectivity index (χ1n) is 10.2. The van der Waals surface area contributed by atoms with E-state index in [9.17, 15) is 19.5 Å². The normalized spacial score (nSPS) is 14.4. The van der Waals surface area contributed by atoms with Gasteiger partial charge in [-0.2, -0.15) is 0 Å². The lowest BCUT2D eigenvalue weighted by molar-refractivity contribution is -0.160. The van der Waals surface area contributed by atoms with Gasteiger partial charge in [0.15, 0.2) is 6.10 Å². The van der Waals surface area contributed by atoms with Crippen molar-refractivity contribution in [3.05, 3.63) is 50.9 Å². The van der Waals surface area contributed by atoms with Gasteiger partial charge in [-0.05, 0) is 63.8 Å². The van der Waals surface area contributed by atoms with E-state index >= 15 is 0 Å². The van der Waals surface area contributed by atoms with Gasteiger partial charge in [-0.25, -0.2) is 4.79 Å². The molecule has 0 saturated carbocycles. The van der Waals surface area contributed by atoms with Crippen molar-refractivity contribution < 1.29 is 24.2 Å². The van der Waals surface area contributed by atoms with Crippen molar-refractivity contribution in [2.45, 2.75) is 52.2 Å². The fourth-order valence-corrected chi connectivity index (χ4v) is 3.83. The van der Waals surface area contributed by atoms with Gasteiger partial charge in [0.05, 0.1) is 12.2 Å². The zero-order valence-electron chi connectivity index (χ0n) is 18.4. The topological polar surface area (TPSA) is 118 Å². The molecule has 1 aliphatic heterocycles. The van der Waals surface area contributed by atoms with Gasteiger partial charge in [0.25, 0.3) is 11.5 Å². The van der Waals surface area contributed by atoms with E-state index in [0.29, 0.717) is 23.4 Å². The Bertz CT molecular complexity index is 1080. The molecule has 1 atom stereocenters. The molecule has 8 nitrogen and oxygen atoms in total. The van der Waals surface area contributed by atoms with Crippen LogP contribution in [0.3, 0.4) is 0 Å². The quantitative estimate of drug-likeness (QED) is 0.674. The SMILES string of the molecule is CNC(=O)c1c(C(OC(C)(C)C)C(=O)O)c(-c2ccc3c(c2)CCCO3)c(C)[nH]c1=O. The standard InChI is InChI=1S/C23H28N2O6/c1-12-16(14-8-9-15-13(11-14)7-6-10-30-15)17(18(20(26)24-5)21(27)25-12)19(22(28)29)31-23(2,3)4/h8-9,11,19H,6-7,10H2,1-5H3,(H,24,26)(H,25,27)(H,28,29). The molecular weight excluding hydrogens is 400 g/mol. The highest BCUT2D eigenvalue weighted by atomic mass is 16.5. The molecule has 0 spiro atoms. The molecule has 1 aliphatic rings. The molecule has 0 fully saturated rings. The summed E-state index contributed by atoms with van der Waals surface area (Å²) in [5.74, 6) is -1.18. The summed E-state index contributed by atoms with van der Waals surface area (Å²) in [7, 11) is 1.39. The van der Waals surface area contributed by atoms with Crippen LogP contribution in [0.5, 0.6) is 5.75 Å². The Morgan fingerprint density at radius 3 is 2.61 bits per heavy atom. The maximum Gasteiger partial charge on any atom is 0.337 e. The summed E-state index contributed by atoms with van der Waals surface area (Å²) in [6.07, 6.45) is 0.183. The van der Waals surface area contributed by atoms with E-state index in [-0.39, 0.29) is 11.1 Å². The minimum absolute atomic E-state index is 0.0414. The average Bonchev–Trinajstić information content (AvgIpc) is 2.70. The molecule has 1 aromatic carbocycles. The molecule has 2 heterocycles. The molecule has 0 bridgehead atoms. The number of aromatic nitrogens is 1. The third kappa shape index (κ3) is 4.64. The number of carboxylic acid groups (broad SMARTS) is 1. The van der Waals surface area contributed by atoms with Crippen molar-refractivity contribution in [1.29, 1.82) is 0 Å². The van der Waals surface area contributed by atoms with Crippen LogP contribution in [-0.2, 0) is 16.0 Å². The minimum atomic E-state index is -1.52. The number of aryl methyl sites for hydroxylation is 2. The number of H-pyrrole nitrogens is 1. The number of aliphatic carboxylic acids is 1. The number of benzene rings is 1. The monoisotopic (exact) mass is 428 g/mol. The van der Waals surface area contributed by atoms with E-state index in [4.69, 9.17) is 9.47 Å². The summed E-state index contributed by atoms with van der Waals surface area (Å²) in [5.41, 5.74) is 0.859. The zero-order chi connectivity index (χ0) is 22.9. The van der Waals surface area contributed by atoms with Gasteiger partial charge in [0, 0.05) is 23.9 Å². The van der Waals surface area contributed by atoms with E-state index < -0.39 is 29.1 Å². The van der Waals surface area contributed by atoms with E-state index in [1.807, 2.05) is 12.1 Å². The number of hydrogen-bond donors (Lipinski definition) is 3. The number of ether oxygens (including phenoxy) is 2. The van der Waals surface area contributed by atoms with Gasteiger partial charge in [-0.3, -0.25) is 9.59 Å². The summed E-state index contributed by atoms with van der Waals surface area (Å²) in [6, 6.07) is 5.55. The Hall–Kier alpha value is -3.13. The maximum absolute atomic E-state index is 12.8. The molecule has 1 unspecified atom stereocenters. The van der Waals surface area contributed by atoms with Gasteiger partial charge in [0.2, 0.25) is 0 Å². The van der Waals surface area contributed by atoms with Gasteiger partial charge in [-0.1, -0.05) is 6.07 Å². The number of carboxylic acids is 1. The van der Waals surface area contributed by atoms with Crippen LogP contribution in [0.25, 0.3) is 11.1 Å². The first kappa shape index (κ1) is 22.6. The number of hydrogen-bond acceptors (Lipinski definition) is 5. The molecule has 0 radical (unpaired) electrons. The number of nitrogens with one attached hydrogen (secondary N) is 2. The van der Waals surface area contributed by atoms with Crippen LogP contribution in [-0.4, -0.2) is 41.2 Å². The summed E-state index contributed by atoms with van der Waals surface area (Å²) >= 11 is 0. The van der Waals surface area contributed by atoms with Gasteiger partial charge < -0.3 is 24.9 Å². The molecule has 3 N–H and O–H groups in total. The van der Waals surface area contributed by atoms with Crippen molar-refractivity contribution in [3.63, 3.8) is 0 Å². The zero-order valence-corrected chi connectivity index (χ0v) is 18.4. The van der Waals surface area contributed by atoms with E-state index in [1.54, 1.807) is 33.8 Å². The molecule has 1 aromatic heterocycles. The number of aromatic amines is 1. The molecule has 31 heavy (non-hydrogen) atoms. The second-order valence-corrected chi connectivity index (χ2v) is 8.54. The van der Waals surface area contributed by atoms with E-state index in [0.717, 1.165) is 24.2 Å². The third-order valence-electron chi connectivity index (χ3n) is 5.05. The highest BCUT2D eigenvalue weighted by Crippen LogP contribution is 2.38. The van der Waals surface area contributed by atoms with Gasteiger partial charge in [-0.15, -0.1) is 0 Å². The van der Waals surface area contributed by atoms with Crippen molar-refractivity contribution in [2.24, 2.45) is 0 Å². The van der Waals surface area contributed by atoms with Crippen LogP contribution in [0.1, 0.15) is 60.5 Å². The first-order valence-corrected chi connectivity index (χ1v) is 10.2. The average molecular weight is 428 g/mol. The smallest absolute Gasteiger partial charge is 0.337 e. The molecule has 0 saturated heterocycles. The highest BCUT2D eigenvalue weighted by molar-refractivity contribution is 5.99. The predicted molar refractivity (Wildman–Crippen MR) is 116 cm³/mol. The van der Waals surface area contributed by atoms with Crippen molar-refractivity contribution in [1.82, 2.24) is 10.3 Å². The van der Waals surface area contributed by atoms with Crippen LogP contribution in [0.15, 0.2) is 23.0 Å². The fourth-order valence-electron chi connectivity index (χ4n) is 3.83. The Morgan fingerprint density at radius 1 is 1.29 bits per heavy atom. The number of fused-ring (bicyclic) bond motifs is 1. The number of carbonyl (C=O) groups is 2. The lowest BCUT2D eigenvalue weighted by atomic mass is 9.89. The Balaban J connectivity index is 2.36. The summed E-state index contributed by atoms with van der Waals surface area (Å²) in [4.78, 5) is 40.5. The Morgan fingerprint density at radius 2 is 2.00 bits per heavy atom. The number of pyridine rings is 1. The summed E-state index contributed by atoms with van der Waals surface area (Å²) in [6.45, 7) is 7.49. The second-order valence-electron chi connectivity index (χ2n) is 8.54.